The number of anilines is 1. The molecule has 0 bridgehead atoms. The SMILES string of the molecule is C=Cc1ccc2nc(N3CCOCC3(C)C)ncc2c1. The van der Waals surface area contributed by atoms with Gasteiger partial charge in [0.2, 0.25) is 5.95 Å². The van der Waals surface area contributed by atoms with Gasteiger partial charge in [0.05, 0.1) is 24.3 Å². The number of aromatic nitrogens is 2. The van der Waals surface area contributed by atoms with Gasteiger partial charge in [0, 0.05) is 18.1 Å². The van der Waals surface area contributed by atoms with Crippen LogP contribution in [0.25, 0.3) is 17.0 Å². The third-order valence-corrected chi connectivity index (χ3v) is 3.71. The average molecular weight is 269 g/mol. The van der Waals surface area contributed by atoms with Gasteiger partial charge in [-0.15, -0.1) is 0 Å². The minimum absolute atomic E-state index is 0.0764. The van der Waals surface area contributed by atoms with Crippen LogP contribution in [0.3, 0.4) is 0 Å². The summed E-state index contributed by atoms with van der Waals surface area (Å²) in [6.45, 7) is 10.3. The van der Waals surface area contributed by atoms with Crippen molar-refractivity contribution in [2.75, 3.05) is 24.7 Å². The molecule has 4 nitrogen and oxygen atoms in total. The molecule has 0 spiro atoms. The molecule has 0 amide bonds. The van der Waals surface area contributed by atoms with E-state index in [0.717, 1.165) is 35.6 Å². The lowest BCUT2D eigenvalue weighted by Crippen LogP contribution is -2.53. The fraction of sp³-hybridized carbons (Fsp3) is 0.375. The van der Waals surface area contributed by atoms with Gasteiger partial charge in [0.25, 0.3) is 0 Å². The largest absolute Gasteiger partial charge is 0.377 e. The zero-order valence-corrected chi connectivity index (χ0v) is 12.0. The van der Waals surface area contributed by atoms with E-state index < -0.39 is 0 Å². The number of rotatable bonds is 2. The zero-order chi connectivity index (χ0) is 14.2. The monoisotopic (exact) mass is 269 g/mol. The smallest absolute Gasteiger partial charge is 0.226 e. The van der Waals surface area contributed by atoms with Gasteiger partial charge >= 0.3 is 0 Å². The number of fused-ring (bicyclic) bond motifs is 1. The van der Waals surface area contributed by atoms with E-state index in [0.29, 0.717) is 6.61 Å². The quantitative estimate of drug-likeness (QED) is 0.840. The van der Waals surface area contributed by atoms with Crippen LogP contribution < -0.4 is 4.90 Å². The number of nitrogens with zero attached hydrogens (tertiary/aromatic N) is 3. The van der Waals surface area contributed by atoms with E-state index in [1.165, 1.54) is 0 Å². The number of benzene rings is 1. The third kappa shape index (κ3) is 2.27. The number of hydrogen-bond donors (Lipinski definition) is 0. The van der Waals surface area contributed by atoms with Crippen molar-refractivity contribution >= 4 is 22.9 Å². The predicted molar refractivity (Wildman–Crippen MR) is 81.9 cm³/mol. The second kappa shape index (κ2) is 4.87. The van der Waals surface area contributed by atoms with Crippen LogP contribution in [0.2, 0.25) is 0 Å². The molecule has 0 aliphatic carbocycles. The number of hydrogen-bond acceptors (Lipinski definition) is 4. The first kappa shape index (κ1) is 13.1. The maximum Gasteiger partial charge on any atom is 0.226 e. The van der Waals surface area contributed by atoms with Crippen molar-refractivity contribution in [1.29, 1.82) is 0 Å². The van der Waals surface area contributed by atoms with Crippen molar-refractivity contribution in [3.05, 3.63) is 36.5 Å². The summed E-state index contributed by atoms with van der Waals surface area (Å²) < 4.78 is 5.55. The van der Waals surface area contributed by atoms with Crippen LogP contribution in [0.5, 0.6) is 0 Å². The first-order valence-electron chi connectivity index (χ1n) is 6.85. The van der Waals surface area contributed by atoms with Crippen molar-refractivity contribution in [3.8, 4) is 0 Å². The Balaban J connectivity index is 2.02. The van der Waals surface area contributed by atoms with E-state index in [1.807, 2.05) is 24.4 Å². The van der Waals surface area contributed by atoms with Gasteiger partial charge in [-0.1, -0.05) is 18.7 Å². The molecule has 0 unspecified atom stereocenters. The average Bonchev–Trinajstić information content (AvgIpc) is 2.45. The summed E-state index contributed by atoms with van der Waals surface area (Å²) >= 11 is 0. The second-order valence-electron chi connectivity index (χ2n) is 5.71. The molecule has 2 heterocycles. The normalized spacial score (nSPS) is 18.2. The summed E-state index contributed by atoms with van der Waals surface area (Å²) in [6, 6.07) is 6.10. The molecular formula is C16H19N3O. The fourth-order valence-corrected chi connectivity index (χ4v) is 2.53. The van der Waals surface area contributed by atoms with Crippen molar-refractivity contribution in [2.45, 2.75) is 19.4 Å². The molecule has 20 heavy (non-hydrogen) atoms. The van der Waals surface area contributed by atoms with E-state index >= 15 is 0 Å². The topological polar surface area (TPSA) is 38.2 Å². The highest BCUT2D eigenvalue weighted by Gasteiger charge is 2.32. The molecule has 0 N–H and O–H groups in total. The Bertz CT molecular complexity index is 651. The van der Waals surface area contributed by atoms with Gasteiger partial charge in [-0.3, -0.25) is 0 Å². The number of morpholine rings is 1. The van der Waals surface area contributed by atoms with Crippen LogP contribution in [0.15, 0.2) is 31.0 Å². The van der Waals surface area contributed by atoms with Crippen molar-refractivity contribution < 1.29 is 4.74 Å². The van der Waals surface area contributed by atoms with Crippen LogP contribution in [-0.2, 0) is 4.74 Å². The molecule has 1 fully saturated rings. The summed E-state index contributed by atoms with van der Waals surface area (Å²) in [7, 11) is 0. The highest BCUT2D eigenvalue weighted by Crippen LogP contribution is 2.25. The maximum atomic E-state index is 5.55. The lowest BCUT2D eigenvalue weighted by atomic mass is 10.0. The standard InChI is InChI=1S/C16H19N3O/c1-4-12-5-6-14-13(9-12)10-17-15(18-14)19-7-8-20-11-16(19,2)3/h4-6,9-10H,1,7-8,11H2,2-3H3. The Morgan fingerprint density at radius 2 is 2.25 bits per heavy atom. The highest BCUT2D eigenvalue weighted by molar-refractivity contribution is 5.81. The Hall–Kier alpha value is -1.94. The Labute approximate surface area is 119 Å². The second-order valence-corrected chi connectivity index (χ2v) is 5.71. The number of ether oxygens (including phenoxy) is 1. The molecule has 3 rings (SSSR count). The predicted octanol–water partition coefficient (Wildman–Crippen LogP) is 2.89. The highest BCUT2D eigenvalue weighted by atomic mass is 16.5. The van der Waals surface area contributed by atoms with Gasteiger partial charge in [-0.25, -0.2) is 9.97 Å². The Morgan fingerprint density at radius 3 is 3.00 bits per heavy atom. The van der Waals surface area contributed by atoms with Gasteiger partial charge in [0.15, 0.2) is 0 Å². The van der Waals surface area contributed by atoms with E-state index in [-0.39, 0.29) is 5.54 Å². The van der Waals surface area contributed by atoms with Crippen LogP contribution >= 0.6 is 0 Å². The van der Waals surface area contributed by atoms with Crippen LogP contribution in [0.1, 0.15) is 19.4 Å². The summed E-state index contributed by atoms with van der Waals surface area (Å²) in [5.41, 5.74) is 1.97. The van der Waals surface area contributed by atoms with E-state index in [2.05, 4.69) is 36.4 Å². The molecular weight excluding hydrogens is 250 g/mol. The molecule has 0 atom stereocenters. The fourth-order valence-electron chi connectivity index (χ4n) is 2.53. The Kier molecular flexibility index (Phi) is 3.18. The molecule has 1 saturated heterocycles. The lowest BCUT2D eigenvalue weighted by Gasteiger charge is -2.42. The first-order valence-corrected chi connectivity index (χ1v) is 6.85. The molecule has 1 aliphatic rings. The summed E-state index contributed by atoms with van der Waals surface area (Å²) in [5.74, 6) is 0.775. The Morgan fingerprint density at radius 1 is 1.40 bits per heavy atom. The van der Waals surface area contributed by atoms with E-state index in [9.17, 15) is 0 Å². The molecule has 2 aromatic rings. The van der Waals surface area contributed by atoms with E-state index in [4.69, 9.17) is 9.72 Å². The van der Waals surface area contributed by atoms with Crippen molar-refractivity contribution in [3.63, 3.8) is 0 Å². The molecule has 1 aromatic heterocycles. The van der Waals surface area contributed by atoms with Crippen LogP contribution in [-0.4, -0.2) is 35.3 Å². The molecule has 4 heteroatoms. The van der Waals surface area contributed by atoms with Gasteiger partial charge in [0.1, 0.15) is 0 Å². The van der Waals surface area contributed by atoms with Gasteiger partial charge in [-0.05, 0) is 31.5 Å². The molecule has 0 saturated carbocycles. The zero-order valence-electron chi connectivity index (χ0n) is 12.0. The summed E-state index contributed by atoms with van der Waals surface area (Å²) in [6.07, 6.45) is 3.72. The van der Waals surface area contributed by atoms with Crippen molar-refractivity contribution in [1.82, 2.24) is 9.97 Å². The molecule has 1 aromatic carbocycles. The van der Waals surface area contributed by atoms with Crippen LogP contribution in [0, 0.1) is 0 Å². The summed E-state index contributed by atoms with van der Waals surface area (Å²) in [4.78, 5) is 11.4. The minimum atomic E-state index is -0.0764. The maximum absolute atomic E-state index is 5.55. The van der Waals surface area contributed by atoms with Crippen molar-refractivity contribution in [2.24, 2.45) is 0 Å². The molecule has 1 aliphatic heterocycles. The van der Waals surface area contributed by atoms with Crippen LogP contribution in [0.4, 0.5) is 5.95 Å². The summed E-state index contributed by atoms with van der Waals surface area (Å²) in [5, 5.41) is 1.04. The van der Waals surface area contributed by atoms with E-state index in [1.54, 1.807) is 0 Å². The van der Waals surface area contributed by atoms with Gasteiger partial charge in [-0.2, -0.15) is 0 Å². The lowest BCUT2D eigenvalue weighted by molar-refractivity contribution is 0.0634. The molecule has 104 valence electrons. The third-order valence-electron chi connectivity index (χ3n) is 3.71. The first-order chi connectivity index (χ1) is 9.60. The molecule has 0 radical (unpaired) electrons. The van der Waals surface area contributed by atoms with Gasteiger partial charge < -0.3 is 9.64 Å². The minimum Gasteiger partial charge on any atom is -0.377 e.